The molecule has 0 fully saturated rings. The van der Waals surface area contributed by atoms with Crippen molar-refractivity contribution in [2.24, 2.45) is 4.99 Å². The quantitative estimate of drug-likeness (QED) is 0.273. The van der Waals surface area contributed by atoms with E-state index in [2.05, 4.69) is 45.8 Å². The number of thiophene rings is 1. The first-order chi connectivity index (χ1) is 12.4. The number of nitrogens with zero attached hydrogens (tertiary/aromatic N) is 1. The molecule has 0 spiro atoms. The number of rotatable bonds is 4. The minimum absolute atomic E-state index is 0. The second kappa shape index (κ2) is 11.2. The van der Waals surface area contributed by atoms with E-state index in [4.69, 9.17) is 0 Å². The van der Waals surface area contributed by atoms with E-state index in [-0.39, 0.29) is 30.5 Å². The van der Waals surface area contributed by atoms with Gasteiger partial charge < -0.3 is 10.6 Å². The smallest absolute Gasteiger partial charge is 0.356 e. The lowest BCUT2D eigenvalue weighted by Crippen LogP contribution is -2.39. The van der Waals surface area contributed by atoms with Crippen LogP contribution in [0.1, 0.15) is 29.5 Å². The first kappa shape index (κ1) is 23.3. The Morgan fingerprint density at radius 3 is 2.67 bits per heavy atom. The van der Waals surface area contributed by atoms with Gasteiger partial charge in [0.15, 0.2) is 5.96 Å². The van der Waals surface area contributed by atoms with Crippen molar-refractivity contribution in [3.63, 3.8) is 0 Å². The summed E-state index contributed by atoms with van der Waals surface area (Å²) in [7, 11) is 1.66. The molecule has 2 N–H and O–H groups in total. The Bertz CT molecular complexity index is 793. The molecule has 2 aromatic rings. The molecule has 146 valence electrons. The van der Waals surface area contributed by atoms with Gasteiger partial charge in [-0.15, -0.1) is 24.0 Å². The second-order valence-corrected chi connectivity index (χ2v) is 6.42. The monoisotopic (exact) mass is 507 g/mol. The number of hydrogen-bond donors (Lipinski definition) is 2. The number of guanidine groups is 1. The lowest BCUT2D eigenvalue weighted by Gasteiger charge is -2.14. The summed E-state index contributed by atoms with van der Waals surface area (Å²) in [6.07, 6.45) is -4.36. The molecule has 0 saturated heterocycles. The minimum atomic E-state index is -4.36. The zero-order valence-corrected chi connectivity index (χ0v) is 18.1. The molecule has 0 bridgehead atoms. The van der Waals surface area contributed by atoms with E-state index < -0.39 is 11.7 Å². The molecule has 0 radical (unpaired) electrons. The van der Waals surface area contributed by atoms with E-state index in [1.807, 2.05) is 5.38 Å². The van der Waals surface area contributed by atoms with Crippen molar-refractivity contribution in [2.45, 2.75) is 19.0 Å². The molecule has 2 rings (SSSR count). The average molecular weight is 507 g/mol. The van der Waals surface area contributed by atoms with Crippen LogP contribution in [0.2, 0.25) is 0 Å². The number of hydrogen-bond acceptors (Lipinski definition) is 2. The largest absolute Gasteiger partial charge is 0.416 e. The Balaban J connectivity index is 0.00000364. The van der Waals surface area contributed by atoms with Gasteiger partial charge in [-0.25, -0.2) is 0 Å². The third kappa shape index (κ3) is 7.81. The summed E-state index contributed by atoms with van der Waals surface area (Å²) < 4.78 is 38.0. The topological polar surface area (TPSA) is 36.4 Å². The van der Waals surface area contributed by atoms with Crippen LogP contribution in [0.25, 0.3) is 0 Å². The van der Waals surface area contributed by atoms with Crippen LogP contribution in [-0.4, -0.2) is 26.1 Å². The van der Waals surface area contributed by atoms with Crippen LogP contribution in [-0.2, 0) is 6.18 Å². The molecule has 3 nitrogen and oxygen atoms in total. The summed E-state index contributed by atoms with van der Waals surface area (Å²) in [6, 6.07) is 7.07. The maximum atomic E-state index is 12.7. The lowest BCUT2D eigenvalue weighted by atomic mass is 10.1. The molecular formula is C19H21F3IN3S. The number of nitrogens with one attached hydrogen (secondary N) is 2. The second-order valence-electron chi connectivity index (χ2n) is 5.64. The Hall–Kier alpha value is -1.73. The van der Waals surface area contributed by atoms with E-state index in [1.54, 1.807) is 24.5 Å². The Morgan fingerprint density at radius 1 is 1.26 bits per heavy atom. The van der Waals surface area contributed by atoms with Crippen molar-refractivity contribution in [3.8, 4) is 11.8 Å². The summed E-state index contributed by atoms with van der Waals surface area (Å²) in [5.41, 5.74) is 0.898. The fourth-order valence-corrected chi connectivity index (χ4v) is 2.97. The molecule has 0 amide bonds. The van der Waals surface area contributed by atoms with Gasteiger partial charge in [-0.05, 0) is 46.5 Å². The van der Waals surface area contributed by atoms with Crippen molar-refractivity contribution in [1.29, 1.82) is 0 Å². The molecule has 1 aromatic carbocycles. The molecule has 0 saturated carbocycles. The van der Waals surface area contributed by atoms with E-state index in [0.29, 0.717) is 17.4 Å². The fourth-order valence-electron chi connectivity index (χ4n) is 2.19. The molecule has 0 aliphatic carbocycles. The van der Waals surface area contributed by atoms with Crippen LogP contribution in [0, 0.1) is 11.8 Å². The maximum absolute atomic E-state index is 12.7. The Kier molecular flexibility index (Phi) is 9.66. The Morgan fingerprint density at radius 2 is 2.04 bits per heavy atom. The number of alkyl halides is 3. The SMILES string of the molecule is CN=C(NCC#Cc1cccc(C(F)(F)F)c1)NCC(C)c1ccsc1.I. The van der Waals surface area contributed by atoms with Crippen LogP contribution in [0.4, 0.5) is 13.2 Å². The van der Waals surface area contributed by atoms with Crippen molar-refractivity contribution in [1.82, 2.24) is 10.6 Å². The molecule has 8 heteroatoms. The van der Waals surface area contributed by atoms with Gasteiger partial charge >= 0.3 is 6.18 Å². The molecule has 0 aliphatic rings. The third-order valence-electron chi connectivity index (χ3n) is 3.68. The Labute approximate surface area is 178 Å². The number of benzene rings is 1. The van der Waals surface area contributed by atoms with Crippen molar-refractivity contribution in [3.05, 3.63) is 57.8 Å². The van der Waals surface area contributed by atoms with E-state index in [9.17, 15) is 13.2 Å². The van der Waals surface area contributed by atoms with Crippen LogP contribution in [0.5, 0.6) is 0 Å². The zero-order chi connectivity index (χ0) is 19.0. The van der Waals surface area contributed by atoms with Crippen LogP contribution >= 0.6 is 35.3 Å². The molecule has 1 aromatic heterocycles. The average Bonchev–Trinajstić information content (AvgIpc) is 3.15. The van der Waals surface area contributed by atoms with Gasteiger partial charge in [-0.2, -0.15) is 24.5 Å². The van der Waals surface area contributed by atoms with Gasteiger partial charge in [0.1, 0.15) is 0 Å². The summed E-state index contributed by atoms with van der Waals surface area (Å²) in [4.78, 5) is 4.11. The van der Waals surface area contributed by atoms with Gasteiger partial charge in [-0.3, -0.25) is 4.99 Å². The summed E-state index contributed by atoms with van der Waals surface area (Å²) in [5, 5.41) is 10.4. The van der Waals surface area contributed by atoms with Gasteiger partial charge in [0, 0.05) is 19.2 Å². The highest BCUT2D eigenvalue weighted by Crippen LogP contribution is 2.29. The molecule has 1 heterocycles. The minimum Gasteiger partial charge on any atom is -0.356 e. The summed E-state index contributed by atoms with van der Waals surface area (Å²) >= 11 is 1.66. The predicted octanol–water partition coefficient (Wildman–Crippen LogP) is 4.71. The highest BCUT2D eigenvalue weighted by Gasteiger charge is 2.30. The van der Waals surface area contributed by atoms with Crippen molar-refractivity contribution < 1.29 is 13.2 Å². The van der Waals surface area contributed by atoms with Gasteiger partial charge in [0.2, 0.25) is 0 Å². The highest BCUT2D eigenvalue weighted by molar-refractivity contribution is 14.0. The van der Waals surface area contributed by atoms with Crippen LogP contribution < -0.4 is 10.6 Å². The molecule has 27 heavy (non-hydrogen) atoms. The van der Waals surface area contributed by atoms with Crippen LogP contribution in [0.3, 0.4) is 0 Å². The van der Waals surface area contributed by atoms with Gasteiger partial charge in [-0.1, -0.05) is 24.8 Å². The van der Waals surface area contributed by atoms with E-state index >= 15 is 0 Å². The first-order valence-electron chi connectivity index (χ1n) is 8.03. The van der Waals surface area contributed by atoms with Gasteiger partial charge in [0.05, 0.1) is 12.1 Å². The lowest BCUT2D eigenvalue weighted by molar-refractivity contribution is -0.137. The normalized spacial score (nSPS) is 12.4. The number of halogens is 4. The fraction of sp³-hybridized carbons (Fsp3) is 0.316. The maximum Gasteiger partial charge on any atom is 0.416 e. The molecule has 0 aliphatic heterocycles. The van der Waals surface area contributed by atoms with E-state index in [1.165, 1.54) is 11.6 Å². The van der Waals surface area contributed by atoms with Crippen LogP contribution in [0.15, 0.2) is 46.1 Å². The van der Waals surface area contributed by atoms with Gasteiger partial charge in [0.25, 0.3) is 0 Å². The summed E-state index contributed by atoms with van der Waals surface area (Å²) in [5.74, 6) is 6.49. The third-order valence-corrected chi connectivity index (χ3v) is 4.38. The molecule has 1 unspecified atom stereocenters. The summed E-state index contributed by atoms with van der Waals surface area (Å²) in [6.45, 7) is 3.12. The molecular weight excluding hydrogens is 486 g/mol. The highest BCUT2D eigenvalue weighted by atomic mass is 127. The van der Waals surface area contributed by atoms with Crippen molar-refractivity contribution >= 4 is 41.3 Å². The van der Waals surface area contributed by atoms with Crippen molar-refractivity contribution in [2.75, 3.05) is 20.1 Å². The molecule has 1 atom stereocenters. The standard InChI is InChI=1S/C19H20F3N3S.HI/c1-14(16-8-10-26-13-16)12-25-18(23-2)24-9-4-6-15-5-3-7-17(11-15)19(20,21)22;/h3,5,7-8,10-11,13-14H,9,12H2,1-2H3,(H2,23,24,25);1H. The zero-order valence-electron chi connectivity index (χ0n) is 14.9. The number of aliphatic imine (C=N–C) groups is 1. The predicted molar refractivity (Wildman–Crippen MR) is 116 cm³/mol. The first-order valence-corrected chi connectivity index (χ1v) is 8.97. The van der Waals surface area contributed by atoms with E-state index in [0.717, 1.165) is 18.7 Å².